The molecule has 0 aliphatic rings. The number of carbonyl (C=O) groups excluding carboxylic acids is 1. The molecule has 0 fully saturated rings. The molecular weight excluding hydrogens is 398 g/mol. The van der Waals surface area contributed by atoms with Gasteiger partial charge in [-0.25, -0.2) is 0 Å². The van der Waals surface area contributed by atoms with Crippen LogP contribution >= 0.6 is 46.6 Å². The van der Waals surface area contributed by atoms with Crippen LogP contribution in [0.2, 0.25) is 5.02 Å². The zero-order chi connectivity index (χ0) is 13.9. The number of nitrogens with two attached hydrogens (primary N) is 1. The summed E-state index contributed by atoms with van der Waals surface area (Å²) in [5.41, 5.74) is 6.20. The first kappa shape index (κ1) is 19.0. The van der Waals surface area contributed by atoms with Crippen molar-refractivity contribution in [3.05, 3.63) is 32.4 Å². The van der Waals surface area contributed by atoms with Gasteiger partial charge in [0.2, 0.25) is 0 Å². The Kier molecular flexibility index (Phi) is 7.65. The van der Waals surface area contributed by atoms with Gasteiger partial charge in [0.25, 0.3) is 5.91 Å². The van der Waals surface area contributed by atoms with E-state index in [1.807, 2.05) is 19.9 Å². The smallest absolute Gasteiger partial charge is 0.253 e. The molecule has 0 spiro atoms. The van der Waals surface area contributed by atoms with Crippen LogP contribution in [0.1, 0.15) is 24.2 Å². The Hall–Kier alpha value is -0.0400. The maximum Gasteiger partial charge on any atom is 0.253 e. The Morgan fingerprint density at radius 3 is 2.53 bits per heavy atom. The molecule has 0 aliphatic carbocycles. The van der Waals surface area contributed by atoms with Gasteiger partial charge in [-0.3, -0.25) is 4.79 Å². The third-order valence-corrected chi connectivity index (χ3v) is 4.30. The van der Waals surface area contributed by atoms with Crippen LogP contribution in [0.15, 0.2) is 18.2 Å². The highest BCUT2D eigenvalue weighted by atomic mass is 127. The van der Waals surface area contributed by atoms with Crippen molar-refractivity contribution in [3.63, 3.8) is 0 Å². The largest absolute Gasteiger partial charge is 0.341 e. The molecule has 0 aliphatic heterocycles. The third kappa shape index (κ3) is 5.45. The molecular formula is C13H19Cl2IN2O. The summed E-state index contributed by atoms with van der Waals surface area (Å²) in [5, 5.41) is 0.605. The average molecular weight is 417 g/mol. The number of halogens is 3. The van der Waals surface area contributed by atoms with Gasteiger partial charge in [0.05, 0.1) is 5.02 Å². The molecule has 0 saturated carbocycles. The predicted octanol–water partition coefficient (Wildman–Crippen LogP) is 3.42. The first-order valence-corrected chi connectivity index (χ1v) is 7.13. The maximum absolute atomic E-state index is 12.2. The molecule has 0 bridgehead atoms. The van der Waals surface area contributed by atoms with E-state index in [9.17, 15) is 4.79 Å². The quantitative estimate of drug-likeness (QED) is 0.764. The number of rotatable bonds is 4. The number of nitrogens with zero attached hydrogens (tertiary/aromatic N) is 1. The summed E-state index contributed by atoms with van der Waals surface area (Å²) in [6, 6.07) is 5.34. The SMILES string of the molecule is CN(CC(C)(C)CN)C(=O)c1ccc(I)c(Cl)c1.Cl. The van der Waals surface area contributed by atoms with Gasteiger partial charge < -0.3 is 10.6 Å². The summed E-state index contributed by atoms with van der Waals surface area (Å²) in [6.07, 6.45) is 0. The van der Waals surface area contributed by atoms with E-state index in [2.05, 4.69) is 22.6 Å². The van der Waals surface area contributed by atoms with Crippen LogP contribution in [-0.2, 0) is 0 Å². The summed E-state index contributed by atoms with van der Waals surface area (Å²) in [4.78, 5) is 13.9. The van der Waals surface area contributed by atoms with E-state index in [1.165, 1.54) is 0 Å². The van der Waals surface area contributed by atoms with Crippen molar-refractivity contribution in [2.24, 2.45) is 11.1 Å². The minimum Gasteiger partial charge on any atom is -0.341 e. The molecule has 1 rings (SSSR count). The Labute approximate surface area is 139 Å². The molecule has 19 heavy (non-hydrogen) atoms. The Morgan fingerprint density at radius 2 is 2.05 bits per heavy atom. The first-order valence-electron chi connectivity index (χ1n) is 5.67. The fraction of sp³-hybridized carbons (Fsp3) is 0.462. The number of carbonyl (C=O) groups is 1. The molecule has 3 nitrogen and oxygen atoms in total. The van der Waals surface area contributed by atoms with E-state index in [1.54, 1.807) is 24.1 Å². The maximum atomic E-state index is 12.2. The molecule has 6 heteroatoms. The lowest BCUT2D eigenvalue weighted by Gasteiger charge is -2.29. The van der Waals surface area contributed by atoms with Crippen molar-refractivity contribution in [3.8, 4) is 0 Å². The Morgan fingerprint density at radius 1 is 1.47 bits per heavy atom. The number of amides is 1. The highest BCUT2D eigenvalue weighted by Gasteiger charge is 2.22. The van der Waals surface area contributed by atoms with E-state index in [0.717, 1.165) is 3.57 Å². The minimum absolute atomic E-state index is 0. The molecule has 108 valence electrons. The summed E-state index contributed by atoms with van der Waals surface area (Å²) in [5.74, 6) is -0.0326. The van der Waals surface area contributed by atoms with Gasteiger partial charge in [0, 0.05) is 22.7 Å². The van der Waals surface area contributed by atoms with Gasteiger partial charge in [0.1, 0.15) is 0 Å². The van der Waals surface area contributed by atoms with Crippen LogP contribution in [0.5, 0.6) is 0 Å². The second kappa shape index (κ2) is 7.67. The molecule has 0 aromatic heterocycles. The van der Waals surface area contributed by atoms with Gasteiger partial charge in [-0.1, -0.05) is 25.4 Å². The molecule has 1 amide bonds. The fourth-order valence-corrected chi connectivity index (χ4v) is 2.14. The average Bonchev–Trinajstić information content (AvgIpc) is 2.31. The molecule has 1 aromatic rings. The molecule has 0 atom stereocenters. The van der Waals surface area contributed by atoms with E-state index >= 15 is 0 Å². The molecule has 0 radical (unpaired) electrons. The first-order chi connectivity index (χ1) is 8.26. The van der Waals surface area contributed by atoms with E-state index in [-0.39, 0.29) is 23.7 Å². The van der Waals surface area contributed by atoms with Crippen molar-refractivity contribution in [1.82, 2.24) is 4.90 Å². The number of benzene rings is 1. The molecule has 2 N–H and O–H groups in total. The lowest BCUT2D eigenvalue weighted by atomic mass is 9.93. The van der Waals surface area contributed by atoms with Gasteiger partial charge in [-0.05, 0) is 52.7 Å². The van der Waals surface area contributed by atoms with Crippen molar-refractivity contribution >= 4 is 52.5 Å². The lowest BCUT2D eigenvalue weighted by Crippen LogP contribution is -2.39. The standard InChI is InChI=1S/C13H18ClIN2O.ClH/c1-13(2,7-16)8-17(3)12(18)9-4-5-11(15)10(14)6-9;/h4-6H,7-8,16H2,1-3H3;1H. The second-order valence-electron chi connectivity index (χ2n) is 5.16. The molecule has 0 heterocycles. The minimum atomic E-state index is -0.0859. The van der Waals surface area contributed by atoms with Gasteiger partial charge in [0.15, 0.2) is 0 Å². The highest BCUT2D eigenvalue weighted by Crippen LogP contribution is 2.21. The second-order valence-corrected chi connectivity index (χ2v) is 6.73. The fourth-order valence-electron chi connectivity index (χ4n) is 1.63. The van der Waals surface area contributed by atoms with Crippen LogP contribution in [0, 0.1) is 8.99 Å². The Balaban J connectivity index is 0.00000324. The van der Waals surface area contributed by atoms with Crippen molar-refractivity contribution < 1.29 is 4.79 Å². The van der Waals surface area contributed by atoms with Crippen molar-refractivity contribution in [1.29, 1.82) is 0 Å². The normalized spacial score (nSPS) is 10.8. The molecule has 1 aromatic carbocycles. The van der Waals surface area contributed by atoms with Crippen LogP contribution in [0.3, 0.4) is 0 Å². The van der Waals surface area contributed by atoms with Crippen LogP contribution in [0.4, 0.5) is 0 Å². The Bertz CT molecular complexity index is 452. The summed E-state index contributed by atoms with van der Waals surface area (Å²) in [7, 11) is 1.78. The number of hydrogen-bond acceptors (Lipinski definition) is 2. The van der Waals surface area contributed by atoms with Gasteiger partial charge in [-0.15, -0.1) is 12.4 Å². The van der Waals surface area contributed by atoms with Crippen LogP contribution in [-0.4, -0.2) is 30.9 Å². The zero-order valence-electron chi connectivity index (χ0n) is 11.2. The molecule has 0 saturated heterocycles. The van der Waals surface area contributed by atoms with Gasteiger partial charge in [-0.2, -0.15) is 0 Å². The topological polar surface area (TPSA) is 46.3 Å². The van der Waals surface area contributed by atoms with Crippen LogP contribution < -0.4 is 5.73 Å². The van der Waals surface area contributed by atoms with E-state index in [4.69, 9.17) is 17.3 Å². The lowest BCUT2D eigenvalue weighted by molar-refractivity contribution is 0.0740. The number of hydrogen-bond donors (Lipinski definition) is 1. The zero-order valence-corrected chi connectivity index (χ0v) is 15.0. The molecule has 0 unspecified atom stereocenters. The summed E-state index contributed by atoms with van der Waals surface area (Å²) >= 11 is 8.16. The van der Waals surface area contributed by atoms with E-state index < -0.39 is 0 Å². The van der Waals surface area contributed by atoms with Crippen molar-refractivity contribution in [2.75, 3.05) is 20.1 Å². The third-order valence-electron chi connectivity index (χ3n) is 2.73. The highest BCUT2D eigenvalue weighted by molar-refractivity contribution is 14.1. The monoisotopic (exact) mass is 416 g/mol. The van der Waals surface area contributed by atoms with Crippen LogP contribution in [0.25, 0.3) is 0 Å². The van der Waals surface area contributed by atoms with Crippen molar-refractivity contribution in [2.45, 2.75) is 13.8 Å². The van der Waals surface area contributed by atoms with Gasteiger partial charge >= 0.3 is 0 Å². The summed E-state index contributed by atoms with van der Waals surface area (Å²) in [6.45, 7) is 5.24. The van der Waals surface area contributed by atoms with E-state index in [0.29, 0.717) is 23.7 Å². The summed E-state index contributed by atoms with van der Waals surface area (Å²) < 4.78 is 0.941. The predicted molar refractivity (Wildman–Crippen MR) is 91.2 cm³/mol.